The summed E-state index contributed by atoms with van der Waals surface area (Å²) in [6, 6.07) is 17.2. The number of carbonyl (C=O) groups is 3. The lowest BCUT2D eigenvalue weighted by atomic mass is 10.1. The molecule has 0 aromatic heterocycles. The topological polar surface area (TPSA) is 78.5 Å². The van der Waals surface area contributed by atoms with Crippen molar-refractivity contribution in [3.05, 3.63) is 98.7 Å². The lowest BCUT2D eigenvalue weighted by Crippen LogP contribution is -2.32. The minimum Gasteiger partial charge on any atom is -0.350 e. The summed E-state index contributed by atoms with van der Waals surface area (Å²) in [5.41, 5.74) is 4.91. The lowest BCUT2D eigenvalue weighted by Gasteiger charge is -2.17. The summed E-state index contributed by atoms with van der Waals surface area (Å²) in [4.78, 5) is 39.3. The van der Waals surface area contributed by atoms with Gasteiger partial charge in [0.1, 0.15) is 10.7 Å². The van der Waals surface area contributed by atoms with Gasteiger partial charge in [0.2, 0.25) is 0 Å². The van der Waals surface area contributed by atoms with Crippen molar-refractivity contribution in [1.82, 2.24) is 0 Å². The maximum absolute atomic E-state index is 13.0. The minimum absolute atomic E-state index is 0.0432. The number of carbonyl (C=O) groups excluding carboxylic acids is 3. The number of nitrogens with zero attached hydrogens (tertiary/aromatic N) is 1. The van der Waals surface area contributed by atoms with E-state index >= 15 is 0 Å². The molecular weight excluding hydrogens is 473 g/mol. The fourth-order valence-electron chi connectivity index (χ4n) is 3.53. The highest BCUT2D eigenvalue weighted by atomic mass is 35.5. The van der Waals surface area contributed by atoms with Crippen molar-refractivity contribution in [3.8, 4) is 0 Å². The average molecular weight is 494 g/mol. The van der Waals surface area contributed by atoms with Crippen molar-refractivity contribution < 1.29 is 14.4 Å². The van der Waals surface area contributed by atoms with Gasteiger partial charge in [0.25, 0.3) is 17.7 Å². The Hall–Kier alpha value is -3.61. The van der Waals surface area contributed by atoms with Gasteiger partial charge < -0.3 is 10.6 Å². The number of nitrogens with one attached hydrogen (secondary N) is 2. The van der Waals surface area contributed by atoms with E-state index in [4.69, 9.17) is 23.2 Å². The van der Waals surface area contributed by atoms with Crippen LogP contribution in [0.2, 0.25) is 5.02 Å². The second-order valence-corrected chi connectivity index (χ2v) is 8.84. The first-order chi connectivity index (χ1) is 16.2. The van der Waals surface area contributed by atoms with Gasteiger partial charge >= 0.3 is 0 Å². The third-order valence-corrected chi connectivity index (χ3v) is 6.21. The summed E-state index contributed by atoms with van der Waals surface area (Å²) in [5.74, 6) is -1.48. The fraction of sp³-hybridized carbons (Fsp3) is 0.115. The molecule has 0 fully saturated rings. The van der Waals surface area contributed by atoms with Crippen molar-refractivity contribution in [2.24, 2.45) is 0 Å². The first kappa shape index (κ1) is 23.5. The second-order valence-electron chi connectivity index (χ2n) is 8.02. The molecule has 3 amide bonds. The van der Waals surface area contributed by atoms with Gasteiger partial charge in [0.15, 0.2) is 0 Å². The van der Waals surface area contributed by atoms with Gasteiger partial charge in [-0.15, -0.1) is 0 Å². The van der Waals surface area contributed by atoms with E-state index in [1.807, 2.05) is 32.0 Å². The average Bonchev–Trinajstić information content (AvgIpc) is 3.01. The zero-order valence-corrected chi connectivity index (χ0v) is 20.2. The number of aryl methyl sites for hydroxylation is 3. The molecule has 8 heteroatoms. The van der Waals surface area contributed by atoms with Gasteiger partial charge in [-0.25, -0.2) is 4.90 Å². The molecule has 0 saturated heterocycles. The minimum atomic E-state index is -0.635. The molecule has 2 N–H and O–H groups in total. The molecule has 1 aliphatic rings. The lowest BCUT2D eigenvalue weighted by molar-refractivity contribution is -0.120. The first-order valence-corrected chi connectivity index (χ1v) is 11.2. The van der Waals surface area contributed by atoms with Gasteiger partial charge in [-0.2, -0.15) is 0 Å². The summed E-state index contributed by atoms with van der Waals surface area (Å²) < 4.78 is 0. The number of hydrogen-bond acceptors (Lipinski definition) is 4. The summed E-state index contributed by atoms with van der Waals surface area (Å²) >= 11 is 12.3. The predicted molar refractivity (Wildman–Crippen MR) is 135 cm³/mol. The van der Waals surface area contributed by atoms with Crippen LogP contribution in [-0.2, 0) is 9.59 Å². The first-order valence-electron chi connectivity index (χ1n) is 10.5. The van der Waals surface area contributed by atoms with Crippen LogP contribution in [-0.4, -0.2) is 17.7 Å². The Morgan fingerprint density at radius 1 is 0.765 bits per heavy atom. The van der Waals surface area contributed by atoms with Gasteiger partial charge in [0, 0.05) is 22.0 Å². The van der Waals surface area contributed by atoms with E-state index in [-0.39, 0.29) is 16.6 Å². The van der Waals surface area contributed by atoms with E-state index < -0.39 is 11.8 Å². The molecule has 1 heterocycles. The van der Waals surface area contributed by atoms with E-state index in [1.54, 1.807) is 49.4 Å². The van der Waals surface area contributed by atoms with Crippen LogP contribution in [0.3, 0.4) is 0 Å². The zero-order chi connectivity index (χ0) is 24.6. The molecule has 0 radical (unpaired) electrons. The Morgan fingerprint density at radius 3 is 2.09 bits per heavy atom. The molecule has 3 aromatic rings. The van der Waals surface area contributed by atoms with Crippen LogP contribution in [0.1, 0.15) is 27.0 Å². The van der Waals surface area contributed by atoms with Crippen LogP contribution in [0.5, 0.6) is 0 Å². The number of rotatable bonds is 5. The molecule has 4 rings (SSSR count). The molecule has 172 valence electrons. The Bertz CT molecular complexity index is 1360. The molecule has 0 saturated carbocycles. The van der Waals surface area contributed by atoms with Crippen LogP contribution in [0.15, 0.2) is 71.4 Å². The number of anilines is 3. The van der Waals surface area contributed by atoms with Crippen LogP contribution in [0, 0.1) is 20.8 Å². The maximum Gasteiger partial charge on any atom is 0.283 e. The van der Waals surface area contributed by atoms with Gasteiger partial charge in [-0.05, 0) is 86.0 Å². The largest absolute Gasteiger partial charge is 0.350 e. The maximum atomic E-state index is 13.0. The van der Waals surface area contributed by atoms with E-state index in [2.05, 4.69) is 10.6 Å². The van der Waals surface area contributed by atoms with Gasteiger partial charge in [-0.3, -0.25) is 14.4 Å². The molecule has 1 aliphatic heterocycles. The van der Waals surface area contributed by atoms with Crippen molar-refractivity contribution in [2.45, 2.75) is 20.8 Å². The zero-order valence-electron chi connectivity index (χ0n) is 18.7. The van der Waals surface area contributed by atoms with E-state index in [9.17, 15) is 14.4 Å². The SMILES string of the molecule is Cc1ccc(NC(=O)c2ccc(NC3=C(Cl)C(=O)N(c4cc(Cl)ccc4C)C3=O)cc2)cc1C. The van der Waals surface area contributed by atoms with Gasteiger partial charge in [-0.1, -0.05) is 35.3 Å². The summed E-state index contributed by atoms with van der Waals surface area (Å²) in [6.45, 7) is 5.76. The predicted octanol–water partition coefficient (Wildman–Crippen LogP) is 5.95. The molecular formula is C26H21Cl2N3O3. The van der Waals surface area contributed by atoms with Gasteiger partial charge in [0.05, 0.1) is 5.69 Å². The molecule has 0 atom stereocenters. The highest BCUT2D eigenvalue weighted by Gasteiger charge is 2.39. The number of benzene rings is 3. The highest BCUT2D eigenvalue weighted by Crippen LogP contribution is 2.33. The quantitative estimate of drug-likeness (QED) is 0.430. The summed E-state index contributed by atoms with van der Waals surface area (Å²) in [5, 5.41) is 5.95. The van der Waals surface area contributed by atoms with Crippen LogP contribution >= 0.6 is 23.2 Å². The molecule has 34 heavy (non-hydrogen) atoms. The monoisotopic (exact) mass is 493 g/mol. The van der Waals surface area contributed by atoms with E-state index in [0.29, 0.717) is 33.2 Å². The highest BCUT2D eigenvalue weighted by molar-refractivity contribution is 6.53. The standard InChI is InChI=1S/C26H21Cl2N3O3/c1-14-5-9-20(12-16(14)3)30-24(32)17-6-10-19(11-7-17)29-23-22(28)25(33)31(26(23)34)21-13-18(27)8-4-15(21)2/h4-13,29H,1-3H3,(H,30,32). The van der Waals surface area contributed by atoms with Crippen LogP contribution in [0.4, 0.5) is 17.1 Å². The number of imide groups is 1. The van der Waals surface area contributed by atoms with Crippen molar-refractivity contribution in [2.75, 3.05) is 15.5 Å². The smallest absolute Gasteiger partial charge is 0.283 e. The third kappa shape index (κ3) is 4.55. The van der Waals surface area contributed by atoms with E-state index in [1.165, 1.54) is 0 Å². The molecule has 0 unspecified atom stereocenters. The summed E-state index contributed by atoms with van der Waals surface area (Å²) in [6.07, 6.45) is 0. The fourth-order valence-corrected chi connectivity index (χ4v) is 3.90. The number of halogens is 2. The third-order valence-electron chi connectivity index (χ3n) is 5.62. The Morgan fingerprint density at radius 2 is 1.41 bits per heavy atom. The van der Waals surface area contributed by atoms with E-state index in [0.717, 1.165) is 16.0 Å². The number of amides is 3. The molecule has 0 bridgehead atoms. The molecule has 0 spiro atoms. The van der Waals surface area contributed by atoms with Crippen molar-refractivity contribution >= 4 is 58.0 Å². The van der Waals surface area contributed by atoms with Crippen LogP contribution in [0.25, 0.3) is 0 Å². The number of hydrogen-bond donors (Lipinski definition) is 2. The molecule has 6 nitrogen and oxygen atoms in total. The molecule has 3 aromatic carbocycles. The van der Waals surface area contributed by atoms with Crippen molar-refractivity contribution in [1.29, 1.82) is 0 Å². The molecule has 0 aliphatic carbocycles. The Balaban J connectivity index is 1.50. The Labute approximate surface area is 207 Å². The van der Waals surface area contributed by atoms with Crippen molar-refractivity contribution in [3.63, 3.8) is 0 Å². The van der Waals surface area contributed by atoms with Crippen LogP contribution < -0.4 is 15.5 Å². The normalized spacial score (nSPS) is 13.5. The summed E-state index contributed by atoms with van der Waals surface area (Å²) in [7, 11) is 0. The Kier molecular flexibility index (Phi) is 6.46. The second kappa shape index (κ2) is 9.33.